The van der Waals surface area contributed by atoms with E-state index in [1.807, 2.05) is 38.1 Å². The van der Waals surface area contributed by atoms with Gasteiger partial charge in [-0.15, -0.1) is 12.4 Å². The number of ether oxygens (including phenoxy) is 1. The number of hydrogen-bond acceptors (Lipinski definition) is 3. The highest BCUT2D eigenvalue weighted by Crippen LogP contribution is 2.17. The van der Waals surface area contributed by atoms with Gasteiger partial charge in [0.15, 0.2) is 0 Å². The number of nitrogens with two attached hydrogens (primary N) is 1. The number of halogens is 1. The van der Waals surface area contributed by atoms with Crippen LogP contribution in [0.25, 0.3) is 0 Å². The van der Waals surface area contributed by atoms with Crippen LogP contribution in [0.5, 0.6) is 5.75 Å². The van der Waals surface area contributed by atoms with Crippen LogP contribution in [0.3, 0.4) is 0 Å². The third kappa shape index (κ3) is 6.26. The molecule has 0 aliphatic rings. The highest BCUT2D eigenvalue weighted by Gasteiger charge is 2.11. The van der Waals surface area contributed by atoms with Crippen LogP contribution in [-0.2, 0) is 11.2 Å². The van der Waals surface area contributed by atoms with E-state index in [4.69, 9.17) is 10.5 Å². The van der Waals surface area contributed by atoms with Crippen molar-refractivity contribution in [2.24, 2.45) is 5.73 Å². The van der Waals surface area contributed by atoms with E-state index in [1.165, 1.54) is 0 Å². The topological polar surface area (TPSA) is 64.4 Å². The maximum Gasteiger partial charge on any atom is 0.236 e. The second-order valence-corrected chi connectivity index (χ2v) is 4.48. The number of nitrogens with one attached hydrogen (secondary N) is 1. The summed E-state index contributed by atoms with van der Waals surface area (Å²) in [4.78, 5) is 11.7. The van der Waals surface area contributed by atoms with Crippen LogP contribution >= 0.6 is 12.4 Å². The van der Waals surface area contributed by atoms with Crippen LogP contribution in [0, 0.1) is 0 Å². The van der Waals surface area contributed by atoms with Gasteiger partial charge in [0.1, 0.15) is 5.75 Å². The molecule has 114 valence electrons. The molecule has 0 saturated heterocycles. The molecule has 1 aromatic carbocycles. The standard InChI is InChI=1S/C15H24N2O2.ClH/c1-3-7-13(16)15(18)17-11-10-12-8-5-6-9-14(12)19-4-2;/h5-6,8-9,13H,3-4,7,10-11,16H2,1-2H3,(H,17,18);1H. The van der Waals surface area contributed by atoms with Crippen molar-refractivity contribution in [2.75, 3.05) is 13.2 Å². The molecule has 0 radical (unpaired) electrons. The largest absolute Gasteiger partial charge is 0.494 e. The van der Waals surface area contributed by atoms with Gasteiger partial charge in [0, 0.05) is 6.54 Å². The Kier molecular flexibility index (Phi) is 9.86. The normalized spacial score (nSPS) is 11.3. The molecule has 1 amide bonds. The Bertz CT molecular complexity index is 399. The van der Waals surface area contributed by atoms with Gasteiger partial charge in [0.2, 0.25) is 5.91 Å². The van der Waals surface area contributed by atoms with Crippen LogP contribution in [0.2, 0.25) is 0 Å². The molecule has 0 heterocycles. The number of carbonyl (C=O) groups excluding carboxylic acids is 1. The van der Waals surface area contributed by atoms with Gasteiger partial charge in [-0.05, 0) is 31.4 Å². The molecule has 0 aliphatic carbocycles. The quantitative estimate of drug-likeness (QED) is 0.774. The minimum atomic E-state index is -0.396. The molecule has 20 heavy (non-hydrogen) atoms. The molecule has 0 bridgehead atoms. The second kappa shape index (κ2) is 10.5. The summed E-state index contributed by atoms with van der Waals surface area (Å²) in [6, 6.07) is 7.49. The van der Waals surface area contributed by atoms with E-state index < -0.39 is 6.04 Å². The summed E-state index contributed by atoms with van der Waals surface area (Å²) in [5, 5.41) is 2.87. The molecule has 1 atom stereocenters. The zero-order chi connectivity index (χ0) is 14.1. The lowest BCUT2D eigenvalue weighted by molar-refractivity contribution is -0.122. The molecule has 0 spiro atoms. The average molecular weight is 301 g/mol. The maximum absolute atomic E-state index is 11.7. The van der Waals surface area contributed by atoms with Gasteiger partial charge in [-0.2, -0.15) is 0 Å². The van der Waals surface area contributed by atoms with Gasteiger partial charge in [-0.25, -0.2) is 0 Å². The zero-order valence-corrected chi connectivity index (χ0v) is 13.0. The van der Waals surface area contributed by atoms with E-state index in [9.17, 15) is 4.79 Å². The first kappa shape index (κ1) is 18.7. The van der Waals surface area contributed by atoms with Crippen molar-refractivity contribution in [3.63, 3.8) is 0 Å². The van der Waals surface area contributed by atoms with E-state index in [2.05, 4.69) is 5.32 Å². The van der Waals surface area contributed by atoms with Crippen LogP contribution in [0.4, 0.5) is 0 Å². The van der Waals surface area contributed by atoms with Gasteiger partial charge in [-0.1, -0.05) is 31.5 Å². The Morgan fingerprint density at radius 2 is 2.05 bits per heavy atom. The molecule has 0 aliphatic heterocycles. The Morgan fingerprint density at radius 3 is 2.70 bits per heavy atom. The summed E-state index contributed by atoms with van der Waals surface area (Å²) in [7, 11) is 0. The molecule has 4 nitrogen and oxygen atoms in total. The average Bonchev–Trinajstić information content (AvgIpc) is 2.41. The number of hydrogen-bond donors (Lipinski definition) is 2. The Labute approximate surface area is 127 Å². The van der Waals surface area contributed by atoms with E-state index >= 15 is 0 Å². The van der Waals surface area contributed by atoms with Gasteiger partial charge in [0.25, 0.3) is 0 Å². The van der Waals surface area contributed by atoms with Crippen LogP contribution < -0.4 is 15.8 Å². The van der Waals surface area contributed by atoms with Crippen LogP contribution in [0.1, 0.15) is 32.3 Å². The minimum Gasteiger partial charge on any atom is -0.494 e. The molecule has 0 fully saturated rings. The monoisotopic (exact) mass is 300 g/mol. The molecule has 0 saturated carbocycles. The summed E-state index contributed by atoms with van der Waals surface area (Å²) < 4.78 is 5.54. The molecule has 5 heteroatoms. The van der Waals surface area contributed by atoms with Crippen molar-refractivity contribution in [3.05, 3.63) is 29.8 Å². The highest BCUT2D eigenvalue weighted by molar-refractivity contribution is 5.85. The predicted molar refractivity (Wildman–Crippen MR) is 84.5 cm³/mol. The number of para-hydroxylation sites is 1. The van der Waals surface area contributed by atoms with E-state index in [1.54, 1.807) is 0 Å². The summed E-state index contributed by atoms with van der Waals surface area (Å²) in [5.41, 5.74) is 6.85. The van der Waals surface area contributed by atoms with E-state index in [0.29, 0.717) is 13.2 Å². The van der Waals surface area contributed by atoms with Gasteiger partial charge in [-0.3, -0.25) is 4.79 Å². The fourth-order valence-electron chi connectivity index (χ4n) is 1.90. The summed E-state index contributed by atoms with van der Waals surface area (Å²) in [6.07, 6.45) is 2.39. The van der Waals surface area contributed by atoms with Crippen molar-refractivity contribution in [3.8, 4) is 5.75 Å². The lowest BCUT2D eigenvalue weighted by Crippen LogP contribution is -2.41. The van der Waals surface area contributed by atoms with Crippen molar-refractivity contribution >= 4 is 18.3 Å². The molecular formula is C15H25ClN2O2. The molecule has 1 rings (SSSR count). The van der Waals surface area contributed by atoms with Gasteiger partial charge < -0.3 is 15.8 Å². The van der Waals surface area contributed by atoms with Crippen molar-refractivity contribution in [1.29, 1.82) is 0 Å². The second-order valence-electron chi connectivity index (χ2n) is 4.48. The first-order valence-corrected chi connectivity index (χ1v) is 6.93. The van der Waals surface area contributed by atoms with Crippen molar-refractivity contribution < 1.29 is 9.53 Å². The predicted octanol–water partition coefficient (Wildman–Crippen LogP) is 2.29. The molecule has 1 unspecified atom stereocenters. The summed E-state index contributed by atoms with van der Waals surface area (Å²) in [6.45, 7) is 5.21. The first-order valence-electron chi connectivity index (χ1n) is 6.93. The van der Waals surface area contributed by atoms with E-state index in [-0.39, 0.29) is 18.3 Å². The van der Waals surface area contributed by atoms with Gasteiger partial charge in [0.05, 0.1) is 12.6 Å². The molecule has 1 aromatic rings. The first-order chi connectivity index (χ1) is 9.19. The molecule has 0 aromatic heterocycles. The molecule has 3 N–H and O–H groups in total. The smallest absolute Gasteiger partial charge is 0.236 e. The Balaban J connectivity index is 0.00000361. The van der Waals surface area contributed by atoms with Crippen molar-refractivity contribution in [2.45, 2.75) is 39.2 Å². The highest BCUT2D eigenvalue weighted by atomic mass is 35.5. The lowest BCUT2D eigenvalue weighted by Gasteiger charge is -2.13. The lowest BCUT2D eigenvalue weighted by atomic mass is 10.1. The Morgan fingerprint density at radius 1 is 1.35 bits per heavy atom. The summed E-state index contributed by atoms with van der Waals surface area (Å²) in [5.74, 6) is 0.813. The summed E-state index contributed by atoms with van der Waals surface area (Å²) >= 11 is 0. The SMILES string of the molecule is CCCC(N)C(=O)NCCc1ccccc1OCC.Cl. The third-order valence-corrected chi connectivity index (χ3v) is 2.90. The maximum atomic E-state index is 11.7. The minimum absolute atomic E-state index is 0. The number of amides is 1. The van der Waals surface area contributed by atoms with E-state index in [0.717, 1.165) is 30.6 Å². The van der Waals surface area contributed by atoms with Crippen LogP contribution in [-0.4, -0.2) is 25.1 Å². The number of rotatable bonds is 8. The molecular weight excluding hydrogens is 276 g/mol. The third-order valence-electron chi connectivity index (χ3n) is 2.90. The number of carbonyl (C=O) groups is 1. The fourth-order valence-corrected chi connectivity index (χ4v) is 1.90. The fraction of sp³-hybridized carbons (Fsp3) is 0.533. The number of benzene rings is 1. The zero-order valence-electron chi connectivity index (χ0n) is 12.2. The van der Waals surface area contributed by atoms with Gasteiger partial charge >= 0.3 is 0 Å². The van der Waals surface area contributed by atoms with Crippen LogP contribution in [0.15, 0.2) is 24.3 Å². The Hall–Kier alpha value is -1.26. The van der Waals surface area contributed by atoms with Crippen molar-refractivity contribution in [1.82, 2.24) is 5.32 Å².